The number of allylic oxidation sites excluding steroid dienone is 1. The van der Waals surface area contributed by atoms with Gasteiger partial charge in [0.1, 0.15) is 18.0 Å². The lowest BCUT2D eigenvalue weighted by Gasteiger charge is -2.30. The first-order valence-electron chi connectivity index (χ1n) is 12.9. The molecule has 1 aromatic carbocycles. The first-order chi connectivity index (χ1) is 19.0. The van der Waals surface area contributed by atoms with E-state index >= 15 is 0 Å². The molecule has 2 rings (SSSR count). The van der Waals surface area contributed by atoms with Crippen molar-refractivity contribution in [1.82, 2.24) is 0 Å². The van der Waals surface area contributed by atoms with Crippen LogP contribution in [0.2, 0.25) is 0 Å². The van der Waals surface area contributed by atoms with Crippen LogP contribution in [0.15, 0.2) is 41.5 Å². The minimum absolute atomic E-state index is 0.191. The Hall–Kier alpha value is -3.61. The fourth-order valence-corrected chi connectivity index (χ4v) is 4.63. The lowest BCUT2D eigenvalue weighted by molar-refractivity contribution is -0.112. The topological polar surface area (TPSA) is 171 Å². The van der Waals surface area contributed by atoms with Crippen molar-refractivity contribution < 1.29 is 42.8 Å². The average molecular weight is 564 g/mol. The van der Waals surface area contributed by atoms with Gasteiger partial charge >= 0.3 is 12.2 Å². The maximum absolute atomic E-state index is 12.9. The van der Waals surface area contributed by atoms with Gasteiger partial charge in [-0.3, -0.25) is 4.79 Å². The number of benzene rings is 1. The van der Waals surface area contributed by atoms with Gasteiger partial charge in [0.05, 0.1) is 26.4 Å². The summed E-state index contributed by atoms with van der Waals surface area (Å²) in [6, 6.07) is 5.33. The largest absolute Gasteiger partial charge is 0.497 e. The number of fused-ring (bicyclic) bond motifs is 2. The fraction of sp³-hybridized carbons (Fsp3) is 0.536. The summed E-state index contributed by atoms with van der Waals surface area (Å²) < 4.78 is 33.5. The predicted octanol–water partition coefficient (Wildman–Crippen LogP) is 3.43. The van der Waals surface area contributed by atoms with E-state index in [-0.39, 0.29) is 31.5 Å². The number of carbonyl (C=O) groups is 3. The lowest BCUT2D eigenvalue weighted by Crippen LogP contribution is -2.40. The van der Waals surface area contributed by atoms with Crippen LogP contribution < -0.4 is 21.5 Å². The highest BCUT2D eigenvalue weighted by Crippen LogP contribution is 2.26. The Kier molecular flexibility index (Phi) is 12.9. The zero-order chi connectivity index (χ0) is 29.8. The van der Waals surface area contributed by atoms with Gasteiger partial charge in [-0.25, -0.2) is 9.59 Å². The van der Waals surface area contributed by atoms with Crippen molar-refractivity contribution in [2.24, 2.45) is 17.4 Å². The third-order valence-electron chi connectivity index (χ3n) is 6.55. The zero-order valence-corrected chi connectivity index (χ0v) is 23.9. The van der Waals surface area contributed by atoms with Crippen molar-refractivity contribution in [2.45, 2.75) is 64.6 Å². The number of hydrogen-bond acceptors (Lipinski definition) is 9. The van der Waals surface area contributed by atoms with Gasteiger partial charge in [-0.15, -0.1) is 0 Å². The Morgan fingerprint density at radius 2 is 1.70 bits per heavy atom. The summed E-state index contributed by atoms with van der Waals surface area (Å²) in [5.74, 6) is -0.0213. The van der Waals surface area contributed by atoms with E-state index in [1.807, 2.05) is 19.1 Å². The SMILES string of the molecule is COc1cc2cc(c1)NC(=O)/C(C)=C\CCC(OC(N)=O)C(OC(N)=O)/C(C)=C/C(C)C(OC)C(OC)COC2. The smallest absolute Gasteiger partial charge is 0.405 e. The molecule has 3 amide bonds. The molecule has 2 bridgehead atoms. The zero-order valence-electron chi connectivity index (χ0n) is 23.9. The second-order valence-electron chi connectivity index (χ2n) is 9.58. The molecule has 222 valence electrons. The molecule has 0 saturated heterocycles. The molecular weight excluding hydrogens is 522 g/mol. The predicted molar refractivity (Wildman–Crippen MR) is 148 cm³/mol. The van der Waals surface area contributed by atoms with Crippen LogP contribution >= 0.6 is 0 Å². The molecule has 0 aliphatic carbocycles. The van der Waals surface area contributed by atoms with Crippen LogP contribution in [0, 0.1) is 5.92 Å². The highest BCUT2D eigenvalue weighted by Gasteiger charge is 2.32. The first-order valence-corrected chi connectivity index (χ1v) is 12.9. The lowest BCUT2D eigenvalue weighted by atomic mass is 9.93. The van der Waals surface area contributed by atoms with Crippen molar-refractivity contribution in [2.75, 3.05) is 33.3 Å². The summed E-state index contributed by atoms with van der Waals surface area (Å²) in [7, 11) is 4.66. The summed E-state index contributed by atoms with van der Waals surface area (Å²) in [5.41, 5.74) is 13.0. The van der Waals surface area contributed by atoms with Crippen molar-refractivity contribution >= 4 is 23.8 Å². The van der Waals surface area contributed by atoms with E-state index in [4.69, 9.17) is 39.9 Å². The number of methoxy groups -OCH3 is 3. The maximum Gasteiger partial charge on any atom is 0.405 e. The summed E-state index contributed by atoms with van der Waals surface area (Å²) in [6.45, 7) is 5.72. The van der Waals surface area contributed by atoms with Gasteiger partial charge in [-0.05, 0) is 50.0 Å². The van der Waals surface area contributed by atoms with Gasteiger partial charge < -0.3 is 45.2 Å². The first kappa shape index (κ1) is 32.6. The maximum atomic E-state index is 12.9. The molecule has 5 atom stereocenters. The Labute approximate surface area is 234 Å². The van der Waals surface area contributed by atoms with Gasteiger partial charge in [0.15, 0.2) is 6.10 Å². The van der Waals surface area contributed by atoms with E-state index in [0.29, 0.717) is 29.0 Å². The van der Waals surface area contributed by atoms with Gasteiger partial charge in [0, 0.05) is 37.5 Å². The van der Waals surface area contributed by atoms with Crippen molar-refractivity contribution in [3.63, 3.8) is 0 Å². The summed E-state index contributed by atoms with van der Waals surface area (Å²) in [6.07, 6.45) is -0.961. The van der Waals surface area contributed by atoms with Crippen LogP contribution in [0.25, 0.3) is 0 Å². The molecule has 12 nitrogen and oxygen atoms in total. The molecule has 1 aliphatic rings. The number of ether oxygens (including phenoxy) is 6. The molecule has 0 aromatic heterocycles. The Morgan fingerprint density at radius 1 is 1.00 bits per heavy atom. The van der Waals surface area contributed by atoms with Crippen LogP contribution in [0.1, 0.15) is 39.2 Å². The monoisotopic (exact) mass is 563 g/mol. The molecule has 1 aromatic rings. The van der Waals surface area contributed by atoms with Crippen LogP contribution in [0.5, 0.6) is 5.75 Å². The Bertz CT molecular complexity index is 1090. The van der Waals surface area contributed by atoms with Crippen molar-refractivity contribution in [1.29, 1.82) is 0 Å². The molecule has 5 N–H and O–H groups in total. The molecule has 5 unspecified atom stereocenters. The standard InChI is InChI=1S/C28H41N3O9/c1-16-8-7-9-22(39-27(29)33)25(40-28(30)34)18(3)10-17(2)24(37-6)23(36-5)15-38-14-19-11-20(31-26(16)32)13-21(12-19)35-4/h8,10-13,17,22-25H,7,9,14-15H2,1-6H3,(H2,29,33)(H2,30,34)(H,31,32)/b16-8-,18-10+. The van der Waals surface area contributed by atoms with E-state index in [0.717, 1.165) is 5.56 Å². The van der Waals surface area contributed by atoms with Gasteiger partial charge in [-0.1, -0.05) is 19.1 Å². The van der Waals surface area contributed by atoms with E-state index in [9.17, 15) is 14.4 Å². The van der Waals surface area contributed by atoms with Crippen LogP contribution in [-0.4, -0.2) is 70.4 Å². The van der Waals surface area contributed by atoms with Crippen LogP contribution in [-0.2, 0) is 35.1 Å². The molecule has 40 heavy (non-hydrogen) atoms. The third kappa shape index (κ3) is 9.85. The van der Waals surface area contributed by atoms with Gasteiger partial charge in [0.2, 0.25) is 0 Å². The molecular formula is C28H41N3O9. The molecule has 1 heterocycles. The third-order valence-corrected chi connectivity index (χ3v) is 6.55. The minimum Gasteiger partial charge on any atom is -0.497 e. The molecule has 0 fully saturated rings. The number of carbonyl (C=O) groups excluding carboxylic acids is 3. The molecule has 0 spiro atoms. The highest BCUT2D eigenvalue weighted by molar-refractivity contribution is 6.03. The summed E-state index contributed by atoms with van der Waals surface area (Å²) >= 11 is 0. The average Bonchev–Trinajstić information content (AvgIpc) is 2.89. The van der Waals surface area contributed by atoms with E-state index in [1.54, 1.807) is 53.4 Å². The fourth-order valence-electron chi connectivity index (χ4n) is 4.63. The van der Waals surface area contributed by atoms with Gasteiger partial charge in [0.25, 0.3) is 5.91 Å². The summed E-state index contributed by atoms with van der Waals surface area (Å²) in [4.78, 5) is 36.4. The van der Waals surface area contributed by atoms with E-state index in [1.165, 1.54) is 0 Å². The Balaban J connectivity index is 2.53. The second kappa shape index (κ2) is 15.8. The van der Waals surface area contributed by atoms with E-state index in [2.05, 4.69) is 5.32 Å². The molecule has 1 aliphatic heterocycles. The summed E-state index contributed by atoms with van der Waals surface area (Å²) in [5, 5.41) is 2.86. The Morgan fingerprint density at radius 3 is 2.30 bits per heavy atom. The van der Waals surface area contributed by atoms with Crippen LogP contribution in [0.3, 0.4) is 0 Å². The molecule has 0 saturated carbocycles. The highest BCUT2D eigenvalue weighted by atomic mass is 16.6. The number of hydrogen-bond donors (Lipinski definition) is 3. The number of anilines is 1. The number of nitrogens with one attached hydrogen (secondary N) is 1. The minimum atomic E-state index is -1.04. The van der Waals surface area contributed by atoms with Crippen molar-refractivity contribution in [3.05, 3.63) is 47.1 Å². The van der Waals surface area contributed by atoms with E-state index < -0.39 is 36.6 Å². The normalized spacial score (nSPS) is 27.8. The second-order valence-corrected chi connectivity index (χ2v) is 9.58. The quantitative estimate of drug-likeness (QED) is 0.454. The van der Waals surface area contributed by atoms with Crippen LogP contribution in [0.4, 0.5) is 15.3 Å². The number of amides is 3. The molecule has 0 radical (unpaired) electrons. The number of primary amides is 2. The number of rotatable bonds is 5. The molecule has 12 heteroatoms. The van der Waals surface area contributed by atoms with Crippen molar-refractivity contribution in [3.8, 4) is 5.75 Å². The number of nitrogens with two attached hydrogens (primary N) is 2. The van der Waals surface area contributed by atoms with Gasteiger partial charge in [-0.2, -0.15) is 0 Å².